The Kier molecular flexibility index (Phi) is 7.45. The molecule has 2 aliphatic heterocycles. The lowest BCUT2D eigenvalue weighted by Crippen LogP contribution is -2.33. The van der Waals surface area contributed by atoms with Crippen LogP contribution in [0.5, 0.6) is 0 Å². The van der Waals surface area contributed by atoms with E-state index in [9.17, 15) is 18.0 Å². The van der Waals surface area contributed by atoms with E-state index in [0.717, 1.165) is 25.9 Å². The maximum atomic E-state index is 14.4. The minimum absolute atomic E-state index is 0.0224. The molecule has 1 amide bonds. The van der Waals surface area contributed by atoms with Crippen molar-refractivity contribution in [2.45, 2.75) is 46.0 Å². The molecule has 0 bridgehead atoms. The average Bonchev–Trinajstić information content (AvgIpc) is 3.64. The molecule has 43 heavy (non-hydrogen) atoms. The zero-order valence-electron chi connectivity index (χ0n) is 24.6. The largest absolute Gasteiger partial charge is 0.416 e. The molecule has 1 N–H and O–H groups in total. The fourth-order valence-electron chi connectivity index (χ4n) is 6.22. The van der Waals surface area contributed by atoms with E-state index in [0.29, 0.717) is 53.0 Å². The monoisotopic (exact) mass is 593 g/mol. The summed E-state index contributed by atoms with van der Waals surface area (Å²) in [6.07, 6.45) is 0.795. The van der Waals surface area contributed by atoms with Crippen LogP contribution >= 0.6 is 0 Å². The number of rotatable bonds is 7. The summed E-state index contributed by atoms with van der Waals surface area (Å²) in [5, 5.41) is 15.8. The van der Waals surface area contributed by atoms with Crippen LogP contribution in [0.3, 0.4) is 0 Å². The highest BCUT2D eigenvalue weighted by Gasteiger charge is 2.41. The number of alkyl halides is 3. The van der Waals surface area contributed by atoms with Gasteiger partial charge in [0.2, 0.25) is 0 Å². The number of nitrogens with one attached hydrogen (secondary N) is 1. The van der Waals surface area contributed by atoms with Crippen molar-refractivity contribution in [3.63, 3.8) is 0 Å². The molecule has 1 saturated heterocycles. The molecule has 1 atom stereocenters. The highest BCUT2D eigenvalue weighted by molar-refractivity contribution is 6.10. The molecule has 0 aliphatic carbocycles. The quantitative estimate of drug-likeness (QED) is 0.318. The molecule has 2 aliphatic rings. The van der Waals surface area contributed by atoms with Crippen molar-refractivity contribution in [2.75, 3.05) is 29.9 Å². The van der Waals surface area contributed by atoms with Gasteiger partial charge in [0.15, 0.2) is 5.82 Å². The van der Waals surface area contributed by atoms with Crippen LogP contribution in [0.25, 0.3) is 22.6 Å². The predicted molar refractivity (Wildman–Crippen MR) is 156 cm³/mol. The summed E-state index contributed by atoms with van der Waals surface area (Å²) in [6, 6.07) is 6.39. The van der Waals surface area contributed by atoms with Gasteiger partial charge in [-0.2, -0.15) is 18.3 Å². The standard InChI is InChI=1S/C30H34F3N9O/c1-5-34-25-11-20(27-22(13-36-40(27)4)28-38-35-17-39(28)3)12-26(37-25)42-16-23-21(29(42)43)9-19(10-24(23)30(31,32)33)15-41-8-6-7-18(2)14-41/h9-13,17-18H,5-8,14-16H2,1-4H3,(H,34,37)/t18-/m0/s1. The molecule has 13 heteroatoms. The number of piperidine rings is 1. The van der Waals surface area contributed by atoms with Crippen molar-refractivity contribution in [1.82, 2.24) is 34.4 Å². The van der Waals surface area contributed by atoms with Crippen molar-refractivity contribution >= 4 is 17.5 Å². The Bertz CT molecular complexity index is 1680. The lowest BCUT2D eigenvalue weighted by molar-refractivity contribution is -0.138. The Labute approximate surface area is 247 Å². The predicted octanol–water partition coefficient (Wildman–Crippen LogP) is 5.12. The summed E-state index contributed by atoms with van der Waals surface area (Å²) in [4.78, 5) is 22.0. The first-order valence-electron chi connectivity index (χ1n) is 14.4. The van der Waals surface area contributed by atoms with Gasteiger partial charge in [0.1, 0.15) is 18.0 Å². The van der Waals surface area contributed by atoms with Gasteiger partial charge in [0.05, 0.1) is 29.6 Å². The molecule has 1 aromatic carbocycles. The second-order valence-electron chi connectivity index (χ2n) is 11.5. The number of halogens is 3. The van der Waals surface area contributed by atoms with Crippen LogP contribution in [0, 0.1) is 5.92 Å². The summed E-state index contributed by atoms with van der Waals surface area (Å²) >= 11 is 0. The van der Waals surface area contributed by atoms with Crippen molar-refractivity contribution in [3.8, 4) is 22.6 Å². The van der Waals surface area contributed by atoms with Crippen LogP contribution in [0.2, 0.25) is 0 Å². The molecule has 3 aromatic heterocycles. The normalized spacial score (nSPS) is 17.5. The van der Waals surface area contributed by atoms with Crippen LogP contribution in [0.4, 0.5) is 24.8 Å². The van der Waals surface area contributed by atoms with Crippen molar-refractivity contribution in [2.24, 2.45) is 20.0 Å². The lowest BCUT2D eigenvalue weighted by Gasteiger charge is -2.31. The van der Waals surface area contributed by atoms with Crippen molar-refractivity contribution in [3.05, 3.63) is 59.0 Å². The van der Waals surface area contributed by atoms with Crippen LogP contribution in [-0.2, 0) is 33.4 Å². The van der Waals surface area contributed by atoms with Gasteiger partial charge in [0.25, 0.3) is 5.91 Å². The second-order valence-corrected chi connectivity index (χ2v) is 11.5. The SMILES string of the molecule is CCNc1cc(-c2c(-c3nncn3C)cnn2C)cc(N2Cc3c(cc(CN4CCC[C@H](C)C4)cc3C(F)(F)F)C2=O)n1. The highest BCUT2D eigenvalue weighted by Crippen LogP contribution is 2.41. The van der Waals surface area contributed by atoms with Gasteiger partial charge in [-0.25, -0.2) is 4.98 Å². The van der Waals surface area contributed by atoms with E-state index >= 15 is 0 Å². The summed E-state index contributed by atoms with van der Waals surface area (Å²) in [5.74, 6) is 1.32. The Balaban J connectivity index is 1.41. The first-order chi connectivity index (χ1) is 20.5. The number of hydrogen-bond acceptors (Lipinski definition) is 7. The third-order valence-corrected chi connectivity index (χ3v) is 8.16. The molecule has 1 fully saturated rings. The van der Waals surface area contributed by atoms with E-state index in [4.69, 9.17) is 0 Å². The number of fused-ring (bicyclic) bond motifs is 1. The number of benzene rings is 1. The Morgan fingerprint density at radius 3 is 2.63 bits per heavy atom. The molecule has 226 valence electrons. The number of amides is 1. The Morgan fingerprint density at radius 2 is 1.93 bits per heavy atom. The van der Waals surface area contributed by atoms with Gasteiger partial charge in [0, 0.05) is 44.9 Å². The summed E-state index contributed by atoms with van der Waals surface area (Å²) < 4.78 is 46.7. The van der Waals surface area contributed by atoms with E-state index in [-0.39, 0.29) is 23.5 Å². The average molecular weight is 594 g/mol. The van der Waals surface area contributed by atoms with E-state index in [1.54, 1.807) is 41.0 Å². The molecule has 0 radical (unpaired) electrons. The summed E-state index contributed by atoms with van der Waals surface area (Å²) in [6.45, 7) is 6.43. The Hall–Kier alpha value is -4.26. The third-order valence-electron chi connectivity index (χ3n) is 8.16. The number of likely N-dealkylation sites (tertiary alicyclic amines) is 1. The summed E-state index contributed by atoms with van der Waals surface area (Å²) in [7, 11) is 3.62. The van der Waals surface area contributed by atoms with Gasteiger partial charge >= 0.3 is 6.18 Å². The van der Waals surface area contributed by atoms with Gasteiger partial charge in [-0.3, -0.25) is 19.3 Å². The molecular weight excluding hydrogens is 559 g/mol. The summed E-state index contributed by atoms with van der Waals surface area (Å²) in [5.41, 5.74) is 1.89. The smallest absolute Gasteiger partial charge is 0.370 e. The number of hydrogen-bond donors (Lipinski definition) is 1. The van der Waals surface area contributed by atoms with Crippen LogP contribution in [0.15, 0.2) is 36.8 Å². The van der Waals surface area contributed by atoms with E-state index in [1.165, 1.54) is 11.0 Å². The molecular formula is C30H34F3N9O. The first-order valence-corrected chi connectivity index (χ1v) is 14.4. The van der Waals surface area contributed by atoms with Gasteiger partial charge in [-0.1, -0.05) is 6.92 Å². The van der Waals surface area contributed by atoms with E-state index in [2.05, 4.69) is 37.4 Å². The minimum atomic E-state index is -4.60. The zero-order valence-corrected chi connectivity index (χ0v) is 24.6. The van der Waals surface area contributed by atoms with E-state index < -0.39 is 17.6 Å². The number of carbonyl (C=O) groups is 1. The number of anilines is 2. The van der Waals surface area contributed by atoms with E-state index in [1.807, 2.05) is 20.0 Å². The maximum Gasteiger partial charge on any atom is 0.416 e. The minimum Gasteiger partial charge on any atom is -0.370 e. The fraction of sp³-hybridized carbons (Fsp3) is 0.433. The van der Waals surface area contributed by atoms with Crippen LogP contribution < -0.4 is 10.2 Å². The molecule has 0 spiro atoms. The zero-order chi connectivity index (χ0) is 30.5. The highest BCUT2D eigenvalue weighted by atomic mass is 19.4. The molecule has 10 nitrogen and oxygen atoms in total. The number of pyridine rings is 1. The van der Waals surface area contributed by atoms with Crippen LogP contribution in [0.1, 0.15) is 53.7 Å². The molecule has 5 heterocycles. The number of aromatic nitrogens is 6. The number of aryl methyl sites for hydroxylation is 2. The number of nitrogens with zero attached hydrogens (tertiary/aromatic N) is 8. The molecule has 4 aromatic rings. The lowest BCUT2D eigenvalue weighted by atomic mass is 9.96. The molecule has 0 unspecified atom stereocenters. The first kappa shape index (κ1) is 28.8. The van der Waals surface area contributed by atoms with Crippen molar-refractivity contribution in [1.29, 1.82) is 0 Å². The molecule has 6 rings (SSSR count). The Morgan fingerprint density at radius 1 is 1.12 bits per heavy atom. The van der Waals surface area contributed by atoms with Gasteiger partial charge in [-0.15, -0.1) is 10.2 Å². The topological polar surface area (TPSA) is 97.0 Å². The third kappa shape index (κ3) is 5.49. The fourth-order valence-corrected chi connectivity index (χ4v) is 6.22. The van der Waals surface area contributed by atoms with Gasteiger partial charge in [-0.05, 0) is 67.6 Å². The van der Waals surface area contributed by atoms with Crippen LogP contribution in [-0.4, -0.2) is 60.0 Å². The second kappa shape index (κ2) is 11.1. The van der Waals surface area contributed by atoms with Gasteiger partial charge < -0.3 is 9.88 Å². The molecule has 0 saturated carbocycles. The van der Waals surface area contributed by atoms with Crippen molar-refractivity contribution < 1.29 is 18.0 Å². The maximum absolute atomic E-state index is 14.4. The number of carbonyl (C=O) groups excluding carboxylic acids is 1.